The zero-order valence-electron chi connectivity index (χ0n) is 79.1. The number of phenolic OH excluding ortho intramolecular Hbond substituents is 1. The van der Waals surface area contributed by atoms with Gasteiger partial charge in [0.15, 0.2) is 5.96 Å². The summed E-state index contributed by atoms with van der Waals surface area (Å²) in [5.74, 6) is -19.2. The number of aromatic amines is 2. The number of likely N-dealkylation sites (N-methyl/N-ethyl adjacent to an activating group) is 3. The van der Waals surface area contributed by atoms with Crippen molar-refractivity contribution in [3.8, 4) is 17.0 Å². The number of aliphatic hydroxyl groups excluding tert-OH is 2. The first kappa shape index (κ1) is 109. The van der Waals surface area contributed by atoms with Crippen LogP contribution in [0.4, 0.5) is 4.39 Å². The Morgan fingerprint density at radius 2 is 1.14 bits per heavy atom. The third-order valence-electron chi connectivity index (χ3n) is 24.8. The molecule has 0 aliphatic carbocycles. The number of hydrogen-bond donors (Lipinski definition) is 21. The molecule has 4 aromatic carbocycles. The lowest BCUT2D eigenvalue weighted by Gasteiger charge is -2.36. The normalized spacial score (nSPS) is 24.4. The molecule has 17 amide bonds. The maximum absolute atomic E-state index is 16.2. The van der Waals surface area contributed by atoms with Crippen LogP contribution in [0.5, 0.6) is 5.75 Å². The van der Waals surface area contributed by atoms with Crippen molar-refractivity contribution in [1.82, 2.24) is 93.0 Å². The summed E-state index contributed by atoms with van der Waals surface area (Å²) in [5, 5.41) is 70.8. The molecule has 3 aliphatic heterocycles. The Balaban J connectivity index is 1.12. The van der Waals surface area contributed by atoms with Gasteiger partial charge in [-0.05, 0) is 129 Å². The van der Waals surface area contributed by atoms with Crippen molar-refractivity contribution in [2.75, 3.05) is 72.0 Å². The van der Waals surface area contributed by atoms with Crippen LogP contribution < -0.4 is 81.4 Å². The van der Waals surface area contributed by atoms with E-state index in [1.54, 1.807) is 68.6 Å². The molecular weight excluding hydrogens is 1820 g/mol. The van der Waals surface area contributed by atoms with Crippen molar-refractivity contribution in [3.63, 3.8) is 0 Å². The number of carbonyl (C=O) groups is 17. The summed E-state index contributed by atoms with van der Waals surface area (Å²) in [4.78, 5) is 262. The van der Waals surface area contributed by atoms with E-state index < -0.39 is 260 Å². The predicted molar refractivity (Wildman–Crippen MR) is 512 cm³/mol. The zero-order valence-corrected chi connectivity index (χ0v) is 80.0. The highest BCUT2D eigenvalue weighted by molar-refractivity contribution is 8.00. The second-order valence-electron chi connectivity index (χ2n) is 35.6. The number of nitrogens with zero attached hydrogens (tertiary/aromatic N) is 5. The molecule has 3 saturated heterocycles. The van der Waals surface area contributed by atoms with E-state index in [9.17, 15) is 62.9 Å². The molecule has 0 saturated carbocycles. The molecule has 0 unspecified atom stereocenters. The van der Waals surface area contributed by atoms with Crippen LogP contribution in [0.15, 0.2) is 103 Å². The number of nitrogens with one attached hydrogen (secondary N) is 14. The molecule has 25 N–H and O–H groups in total. The van der Waals surface area contributed by atoms with Gasteiger partial charge < -0.3 is 131 Å². The van der Waals surface area contributed by atoms with Crippen molar-refractivity contribution < 1.29 is 101 Å². The van der Waals surface area contributed by atoms with Crippen molar-refractivity contribution >= 4 is 140 Å². The minimum absolute atomic E-state index is 0.0113. The number of hydrogen-bond acceptors (Lipinski definition) is 23. The summed E-state index contributed by atoms with van der Waals surface area (Å²) in [6.07, 6.45) is -0.944. The smallest absolute Gasteiger partial charge is 0.246 e. The second-order valence-corrected chi connectivity index (χ2v) is 36.6. The number of primary amides is 2. The number of amides is 17. The van der Waals surface area contributed by atoms with Crippen molar-refractivity contribution in [2.45, 2.75) is 228 Å². The maximum atomic E-state index is 16.2. The number of guanidine groups is 1. The minimum atomic E-state index is -1.97. The van der Waals surface area contributed by atoms with E-state index >= 15 is 38.4 Å². The van der Waals surface area contributed by atoms with Crippen LogP contribution >= 0.6 is 11.8 Å². The number of rotatable bonds is 26. The van der Waals surface area contributed by atoms with Crippen LogP contribution in [0.1, 0.15) is 135 Å². The number of unbranched alkanes of at least 4 members (excludes halogenated alkanes) is 2. The highest BCUT2D eigenvalue weighted by Gasteiger charge is 2.47. The number of aliphatic hydroxyl groups is 2. The summed E-state index contributed by atoms with van der Waals surface area (Å²) in [7, 11) is 3.84. The Morgan fingerprint density at radius 1 is 0.568 bits per heavy atom. The number of nitrogens with two attached hydrogens (primary N) is 4. The SMILES string of the molecule is CCCC[C@H]1C(=O)N(C)[C@@H](CCCC)C(=O)N[C@@H](CCCNC(=N)N)C(=O)N[C@H](C(=O)NCC(N)=O)CSCC(=O)N[C@@H](Cc2ccc(O)cc2)C(=O)N(C)[C@@H](C)C(=O)N[C@@H](CC(N)=O)C(=O)N2CCC[C@H]2C(=O)N[C@@H](CN)C(=O)N[C@@H](CC(C)C)C(=O)N2C[C@H](O)C[C@H]2C(=O)N[C@@H](Cc2c[nH]c3ccccc23)C(=O)N[C@@H](CO)C(=O)N[C@@H](Cc2c(-c3ccc(F)cc3)[nH]c3ccccc23)C(=O)N1C. The number of halogens is 1. The Kier molecular flexibility index (Phi) is 40.4. The van der Waals surface area contributed by atoms with Crippen molar-refractivity contribution in [1.29, 1.82) is 5.41 Å². The summed E-state index contributed by atoms with van der Waals surface area (Å²) in [5.41, 5.74) is 26.2. The first-order valence-corrected chi connectivity index (χ1v) is 47.6. The van der Waals surface area contributed by atoms with Crippen molar-refractivity contribution in [3.05, 3.63) is 126 Å². The van der Waals surface area contributed by atoms with Crippen LogP contribution in [0.25, 0.3) is 33.1 Å². The molecule has 43 nitrogen and oxygen atoms in total. The van der Waals surface area contributed by atoms with Gasteiger partial charge in [0.1, 0.15) is 96.2 Å². The summed E-state index contributed by atoms with van der Waals surface area (Å²) < 4.78 is 14.8. The average Bonchev–Trinajstić information content (AvgIpc) is 1.62. The number of fused-ring (bicyclic) bond motifs is 4. The van der Waals surface area contributed by atoms with Gasteiger partial charge in [0.2, 0.25) is 100 Å². The molecule has 139 heavy (non-hydrogen) atoms. The van der Waals surface area contributed by atoms with E-state index in [-0.39, 0.29) is 95.4 Å². The van der Waals surface area contributed by atoms with Gasteiger partial charge in [0.05, 0.1) is 31.4 Å². The Bertz CT molecular complexity index is 5410. The van der Waals surface area contributed by atoms with Gasteiger partial charge in [-0.25, -0.2) is 4.39 Å². The molecular formula is C94H130FN23O20S. The molecule has 3 fully saturated rings. The molecule has 6 aromatic rings. The van der Waals surface area contributed by atoms with E-state index in [1.165, 1.54) is 76.6 Å². The third kappa shape index (κ3) is 29.9. The molecule has 2 aromatic heterocycles. The van der Waals surface area contributed by atoms with Crippen LogP contribution in [0.2, 0.25) is 0 Å². The number of benzene rings is 4. The quantitative estimate of drug-likeness (QED) is 0.0157. The fourth-order valence-corrected chi connectivity index (χ4v) is 18.0. The van der Waals surface area contributed by atoms with Gasteiger partial charge in [-0.3, -0.25) is 86.9 Å². The van der Waals surface area contributed by atoms with Gasteiger partial charge in [0, 0.05) is 112 Å². The van der Waals surface area contributed by atoms with E-state index in [0.717, 1.165) is 36.3 Å². The monoisotopic (exact) mass is 1950 g/mol. The highest BCUT2D eigenvalue weighted by atomic mass is 32.2. The average molecular weight is 1950 g/mol. The molecule has 3 aliphatic rings. The number of thioether (sulfide) groups is 1. The van der Waals surface area contributed by atoms with Crippen molar-refractivity contribution in [2.24, 2.45) is 28.9 Å². The second kappa shape index (κ2) is 51.6. The first-order chi connectivity index (χ1) is 66.1. The Morgan fingerprint density at radius 3 is 1.78 bits per heavy atom. The van der Waals surface area contributed by atoms with Crippen LogP contribution in [-0.2, 0) is 101 Å². The van der Waals surface area contributed by atoms with Gasteiger partial charge in [-0.1, -0.05) is 102 Å². The summed E-state index contributed by atoms with van der Waals surface area (Å²) in [6, 6.07) is 2.34. The number of aromatic hydroxyl groups is 1. The zero-order chi connectivity index (χ0) is 102. The molecule has 0 bridgehead atoms. The van der Waals surface area contributed by atoms with Gasteiger partial charge in [0.25, 0.3) is 0 Å². The lowest BCUT2D eigenvalue weighted by molar-refractivity contribution is -0.149. The number of phenols is 1. The highest BCUT2D eigenvalue weighted by Crippen LogP contribution is 2.34. The van der Waals surface area contributed by atoms with Gasteiger partial charge in [-0.2, -0.15) is 0 Å². The van der Waals surface area contributed by atoms with Crippen LogP contribution in [0, 0.1) is 17.1 Å². The molecule has 754 valence electrons. The molecule has 9 rings (SSSR count). The molecule has 0 radical (unpaired) electrons. The fraction of sp³-hybridized carbons (Fsp3) is 0.511. The van der Waals surface area contributed by atoms with E-state index in [1.807, 2.05) is 13.8 Å². The maximum Gasteiger partial charge on any atom is 0.246 e. The Hall–Kier alpha value is -13.8. The van der Waals surface area contributed by atoms with Gasteiger partial charge in [-0.15, -0.1) is 11.8 Å². The number of aromatic nitrogens is 2. The van der Waals surface area contributed by atoms with Crippen LogP contribution in [0.3, 0.4) is 0 Å². The minimum Gasteiger partial charge on any atom is -0.508 e. The molecule has 15 atom stereocenters. The van der Waals surface area contributed by atoms with Crippen LogP contribution in [-0.4, -0.2) is 319 Å². The predicted octanol–water partition coefficient (Wildman–Crippen LogP) is -2.13. The van der Waals surface area contributed by atoms with E-state index in [0.29, 0.717) is 62.6 Å². The van der Waals surface area contributed by atoms with Gasteiger partial charge >= 0.3 is 0 Å². The lowest BCUT2D eigenvalue weighted by atomic mass is 9.96. The standard InChI is InChI=1S/C94H130FN23O20S/c1-9-11-24-72-86(131)106-63(23-17-35-101-94(99)100)82(127)113-71(81(126)103-45-77(98)123)48-139-49-78(124)104-66(38-52-27-33-56(120)34-28-52)89(134)114(6)51(5)80(125)108-68(42-76(97)122)91(136)117-36-18-26-73(117)87(132)111-69(43-96)84(129)109-65(37-50(3)4)92(137)118-46-57(121)40-75(118)88(133)107-64(39-54-44-102-61-21-15-13-19-58(54)61)83(128)112-70(47-119)85(130)110-67(90(135)116(8)74(25-12-10-2)93(138)115(72)7)41-60-59-20-14-16-22-62(59)105-79(60)53-29-31-55(95)32-30-53/h13-16,19-22,27-34,44,50-51,57,63-75,102,105,119-121H,9-12,17-18,23-26,35-43,45-49,96H2,1-8H3,(H2,97,122)(H2,98,123)(H,103,126)(H,104,124)(H,106,131)(H,107,133)(H,108,125)(H,109,129)(H,110,130)(H,111,132)(H,112,128)(H,113,127)(H4,99,100,101)/t51-,57+,63-,64-,65-,66-,67-,68-,69-,70-,71-,72-,73-,74-,75-/m0/s1. The number of carbonyl (C=O) groups excluding carboxylic acids is 17. The lowest BCUT2D eigenvalue weighted by Crippen LogP contribution is -2.62. The Labute approximate surface area is 807 Å². The largest absolute Gasteiger partial charge is 0.508 e. The fourth-order valence-electron chi connectivity index (χ4n) is 17.2. The van der Waals surface area contributed by atoms with E-state index in [4.69, 9.17) is 28.3 Å². The molecule has 0 spiro atoms. The summed E-state index contributed by atoms with van der Waals surface area (Å²) in [6.45, 7) is 5.19. The topological polar surface area (TPSA) is 659 Å². The van der Waals surface area contributed by atoms with E-state index in [2.05, 4.69) is 68.5 Å². The first-order valence-electron chi connectivity index (χ1n) is 46.5. The third-order valence-corrected chi connectivity index (χ3v) is 25.9. The molecule has 5 heterocycles. The summed E-state index contributed by atoms with van der Waals surface area (Å²) >= 11 is 0.747. The molecule has 45 heteroatoms. The number of para-hydroxylation sites is 2. The number of H-pyrrole nitrogens is 2.